The van der Waals surface area contributed by atoms with Crippen molar-refractivity contribution < 1.29 is 9.53 Å². The van der Waals surface area contributed by atoms with Crippen LogP contribution in [-0.4, -0.2) is 23.6 Å². The number of benzene rings is 1. The van der Waals surface area contributed by atoms with Gasteiger partial charge in [-0.05, 0) is 30.9 Å². The van der Waals surface area contributed by atoms with Gasteiger partial charge in [0.25, 0.3) is 0 Å². The van der Waals surface area contributed by atoms with E-state index in [0.29, 0.717) is 12.5 Å². The van der Waals surface area contributed by atoms with Crippen LogP contribution in [0.25, 0.3) is 0 Å². The van der Waals surface area contributed by atoms with Crippen LogP contribution in [0.5, 0.6) is 0 Å². The topological polar surface area (TPSA) is 29.5 Å². The van der Waals surface area contributed by atoms with Crippen LogP contribution in [0, 0.1) is 5.92 Å². The Morgan fingerprint density at radius 1 is 1.29 bits per heavy atom. The largest absolute Gasteiger partial charge is 0.447 e. The van der Waals surface area contributed by atoms with Crippen LogP contribution in [0.2, 0.25) is 0 Å². The van der Waals surface area contributed by atoms with Gasteiger partial charge >= 0.3 is 6.09 Å². The zero-order valence-electron chi connectivity index (χ0n) is 15.0. The van der Waals surface area contributed by atoms with Crippen molar-refractivity contribution in [2.75, 3.05) is 6.61 Å². The number of thioether (sulfide) groups is 1. The fourth-order valence-corrected chi connectivity index (χ4v) is 3.78. The molecule has 0 bridgehead atoms. The van der Waals surface area contributed by atoms with Crippen LogP contribution in [0.1, 0.15) is 52.9 Å². The number of hydrogen-bond donors (Lipinski definition) is 0. The highest BCUT2D eigenvalue weighted by Gasteiger charge is 2.33. The lowest BCUT2D eigenvalue weighted by Crippen LogP contribution is -2.33. The Balaban J connectivity index is 2.11. The smallest absolute Gasteiger partial charge is 0.414 e. The summed E-state index contributed by atoms with van der Waals surface area (Å²) in [6.07, 6.45) is 7.73. The third kappa shape index (κ3) is 5.59. The van der Waals surface area contributed by atoms with Gasteiger partial charge in [0, 0.05) is 16.0 Å². The van der Waals surface area contributed by atoms with Crippen molar-refractivity contribution in [3.8, 4) is 0 Å². The van der Waals surface area contributed by atoms with E-state index in [4.69, 9.17) is 4.74 Å². The van der Waals surface area contributed by atoms with Gasteiger partial charge in [-0.15, -0.1) is 0 Å². The molecule has 1 aromatic rings. The first-order valence-corrected chi connectivity index (χ1v) is 9.82. The molecule has 0 spiro atoms. The van der Waals surface area contributed by atoms with Crippen LogP contribution < -0.4 is 0 Å². The molecule has 1 aliphatic rings. The summed E-state index contributed by atoms with van der Waals surface area (Å²) in [6, 6.07) is 10.5. The van der Waals surface area contributed by atoms with Crippen molar-refractivity contribution in [2.45, 2.75) is 63.8 Å². The Morgan fingerprint density at radius 2 is 2.04 bits per heavy atom. The first kappa shape index (κ1) is 18.9. The van der Waals surface area contributed by atoms with Gasteiger partial charge in [0.2, 0.25) is 0 Å². The van der Waals surface area contributed by atoms with Crippen molar-refractivity contribution in [3.05, 3.63) is 41.4 Å². The van der Waals surface area contributed by atoms with Crippen molar-refractivity contribution in [2.24, 2.45) is 5.92 Å². The number of amides is 1. The zero-order valence-corrected chi connectivity index (χ0v) is 15.8. The number of unbranched alkanes of at least 4 members (excludes halogenated alkanes) is 3. The van der Waals surface area contributed by atoms with Gasteiger partial charge in [0.05, 0.1) is 6.04 Å². The molecule has 0 unspecified atom stereocenters. The van der Waals surface area contributed by atoms with E-state index in [-0.39, 0.29) is 12.1 Å². The predicted octanol–water partition coefficient (Wildman–Crippen LogP) is 6.07. The monoisotopic (exact) mass is 347 g/mol. The molecule has 24 heavy (non-hydrogen) atoms. The number of rotatable bonds is 9. The van der Waals surface area contributed by atoms with Gasteiger partial charge in [0.1, 0.15) is 6.61 Å². The second-order valence-electron chi connectivity index (χ2n) is 6.62. The predicted molar refractivity (Wildman–Crippen MR) is 101 cm³/mol. The van der Waals surface area contributed by atoms with Gasteiger partial charge in [0.15, 0.2) is 0 Å². The van der Waals surface area contributed by atoms with Crippen LogP contribution in [0.4, 0.5) is 4.79 Å². The van der Waals surface area contributed by atoms with Crippen LogP contribution in [0.3, 0.4) is 0 Å². The third-order valence-corrected chi connectivity index (χ3v) is 5.35. The normalized spacial score (nSPS) is 18.3. The first-order chi connectivity index (χ1) is 11.6. The summed E-state index contributed by atoms with van der Waals surface area (Å²) >= 11 is 1.76. The Hall–Kier alpha value is -1.42. The lowest BCUT2D eigenvalue weighted by Gasteiger charge is -2.22. The molecule has 1 aliphatic heterocycles. The van der Waals surface area contributed by atoms with Crippen LogP contribution in [0.15, 0.2) is 46.3 Å². The van der Waals surface area contributed by atoms with Gasteiger partial charge in [-0.3, -0.25) is 4.90 Å². The summed E-state index contributed by atoms with van der Waals surface area (Å²) in [6.45, 7) is 6.99. The minimum atomic E-state index is -0.214. The van der Waals surface area contributed by atoms with Crippen molar-refractivity contribution in [3.63, 3.8) is 0 Å². The van der Waals surface area contributed by atoms with E-state index in [9.17, 15) is 4.79 Å². The van der Waals surface area contributed by atoms with E-state index < -0.39 is 0 Å². The fraction of sp³-hybridized carbons (Fsp3) is 0.550. The summed E-state index contributed by atoms with van der Waals surface area (Å²) in [7, 11) is 0. The molecule has 0 aromatic heterocycles. The summed E-state index contributed by atoms with van der Waals surface area (Å²) < 4.78 is 5.27. The Bertz CT molecular complexity index is 542. The maximum atomic E-state index is 12.1. The van der Waals surface area contributed by atoms with Crippen molar-refractivity contribution in [1.29, 1.82) is 0 Å². The third-order valence-electron chi connectivity index (χ3n) is 4.27. The highest BCUT2D eigenvalue weighted by atomic mass is 32.2. The van der Waals surface area contributed by atoms with E-state index in [2.05, 4.69) is 45.0 Å². The summed E-state index contributed by atoms with van der Waals surface area (Å²) in [5.74, 6) is 0.385. The molecule has 1 aromatic carbocycles. The van der Waals surface area contributed by atoms with Gasteiger partial charge in [-0.25, -0.2) is 4.79 Å². The molecule has 1 atom stereocenters. The molecule has 4 heteroatoms. The van der Waals surface area contributed by atoms with E-state index in [1.807, 2.05) is 12.3 Å². The van der Waals surface area contributed by atoms with Gasteiger partial charge < -0.3 is 4.74 Å². The Kier molecular flexibility index (Phi) is 7.70. The molecule has 1 heterocycles. The summed E-state index contributed by atoms with van der Waals surface area (Å²) in [5, 5.41) is 0. The van der Waals surface area contributed by atoms with E-state index in [1.54, 1.807) is 16.7 Å². The zero-order chi connectivity index (χ0) is 17.4. The second kappa shape index (κ2) is 9.77. The molecule has 0 aliphatic carbocycles. The second-order valence-corrected chi connectivity index (χ2v) is 7.82. The number of carbonyl (C=O) groups excluding carboxylic acids is 1. The maximum Gasteiger partial charge on any atom is 0.414 e. The molecular weight excluding hydrogens is 318 g/mol. The lowest BCUT2D eigenvalue weighted by molar-refractivity contribution is 0.166. The van der Waals surface area contributed by atoms with E-state index in [1.165, 1.54) is 29.1 Å². The summed E-state index contributed by atoms with van der Waals surface area (Å²) in [5.41, 5.74) is 0. The molecule has 3 nitrogen and oxygen atoms in total. The number of ether oxygens (including phenoxy) is 1. The molecule has 0 saturated carbocycles. The number of hydrogen-bond acceptors (Lipinski definition) is 3. The Labute approximate surface area is 150 Å². The quantitative estimate of drug-likeness (QED) is 0.401. The average molecular weight is 348 g/mol. The standard InChI is InChI=1S/C20H29NO2S/c1-4-5-6-8-13-18(24-17-11-9-7-10-12-17)14-21-19(16(2)3)15-23-20(21)22/h7,9-12,14,16,19H,4-6,8,13,15H2,1-3H3/b18-14-/t19-/m0/s1. The molecular formula is C20H29NO2S. The highest BCUT2D eigenvalue weighted by molar-refractivity contribution is 8.03. The van der Waals surface area contributed by atoms with Gasteiger partial charge in [-0.2, -0.15) is 0 Å². The number of nitrogens with zero attached hydrogens (tertiary/aromatic N) is 1. The minimum absolute atomic E-state index is 0.138. The van der Waals surface area contributed by atoms with Crippen LogP contribution in [-0.2, 0) is 4.74 Å². The molecule has 0 N–H and O–H groups in total. The molecule has 1 amide bonds. The summed E-state index contributed by atoms with van der Waals surface area (Å²) in [4.78, 5) is 16.4. The number of carbonyl (C=O) groups is 1. The van der Waals surface area contributed by atoms with E-state index >= 15 is 0 Å². The van der Waals surface area contributed by atoms with Crippen molar-refractivity contribution >= 4 is 17.9 Å². The SMILES string of the molecule is CCCCCC/C(=C/N1C(=O)OC[C@H]1C(C)C)Sc1ccccc1. The maximum absolute atomic E-state index is 12.1. The van der Waals surface area contributed by atoms with E-state index in [0.717, 1.165) is 12.8 Å². The molecule has 0 radical (unpaired) electrons. The van der Waals surface area contributed by atoms with Crippen LogP contribution >= 0.6 is 11.8 Å². The molecule has 1 fully saturated rings. The average Bonchev–Trinajstić information content (AvgIpc) is 2.93. The first-order valence-electron chi connectivity index (χ1n) is 9.00. The lowest BCUT2D eigenvalue weighted by atomic mass is 10.1. The molecule has 132 valence electrons. The number of allylic oxidation sites excluding steroid dienone is 1. The highest BCUT2D eigenvalue weighted by Crippen LogP contribution is 2.32. The molecule has 2 rings (SSSR count). The minimum Gasteiger partial charge on any atom is -0.447 e. The Morgan fingerprint density at radius 3 is 2.71 bits per heavy atom. The fourth-order valence-electron chi connectivity index (χ4n) is 2.77. The number of cyclic esters (lactones) is 1. The van der Waals surface area contributed by atoms with Crippen molar-refractivity contribution in [1.82, 2.24) is 4.90 Å². The van der Waals surface area contributed by atoms with Gasteiger partial charge in [-0.1, -0.05) is 70.0 Å². The molecule has 1 saturated heterocycles.